The highest BCUT2D eigenvalue weighted by Crippen LogP contribution is 2.35. The number of aryl methyl sites for hydroxylation is 1. The number of rotatable bonds is 7. The maximum atomic E-state index is 12.3. The van der Waals surface area contributed by atoms with Crippen molar-refractivity contribution in [2.45, 2.75) is 44.4 Å². The summed E-state index contributed by atoms with van der Waals surface area (Å²) in [5, 5.41) is 0. The molecule has 3 rings (SSSR count). The van der Waals surface area contributed by atoms with Crippen molar-refractivity contribution in [2.24, 2.45) is 5.92 Å². The second kappa shape index (κ2) is 6.21. The average Bonchev–Trinajstić information content (AvgIpc) is 3.31. The molecule has 0 spiro atoms. The number of hydrogen-bond acceptors (Lipinski definition) is 2. The second-order valence-electron chi connectivity index (χ2n) is 6.20. The zero-order valence-corrected chi connectivity index (χ0v) is 13.0. The van der Waals surface area contributed by atoms with E-state index in [-0.39, 0.29) is 0 Å². The highest BCUT2D eigenvalue weighted by molar-refractivity contribution is 7.99. The van der Waals surface area contributed by atoms with Crippen molar-refractivity contribution < 1.29 is 4.79 Å². The van der Waals surface area contributed by atoms with Crippen LogP contribution >= 0.6 is 11.8 Å². The Kier molecular flexibility index (Phi) is 4.35. The van der Waals surface area contributed by atoms with Crippen LogP contribution < -0.4 is 0 Å². The lowest BCUT2D eigenvalue weighted by Gasteiger charge is -2.22. The van der Waals surface area contributed by atoms with Crippen molar-refractivity contribution in [3.63, 3.8) is 0 Å². The Balaban J connectivity index is 1.44. The summed E-state index contributed by atoms with van der Waals surface area (Å²) in [6.07, 6.45) is 5.10. The summed E-state index contributed by atoms with van der Waals surface area (Å²) in [5.74, 6) is 2.74. The lowest BCUT2D eigenvalue weighted by molar-refractivity contribution is -0.129. The molecular weight excluding hydrogens is 266 g/mol. The van der Waals surface area contributed by atoms with Gasteiger partial charge in [-0.2, -0.15) is 0 Å². The van der Waals surface area contributed by atoms with E-state index in [4.69, 9.17) is 0 Å². The maximum Gasteiger partial charge on any atom is 0.232 e. The zero-order chi connectivity index (χ0) is 13.9. The molecule has 2 aliphatic carbocycles. The van der Waals surface area contributed by atoms with Gasteiger partial charge in [0.2, 0.25) is 5.91 Å². The van der Waals surface area contributed by atoms with E-state index < -0.39 is 0 Å². The minimum Gasteiger partial charge on any atom is -0.339 e. The molecule has 0 bridgehead atoms. The summed E-state index contributed by atoms with van der Waals surface area (Å²) in [6.45, 7) is 3.13. The maximum absolute atomic E-state index is 12.3. The van der Waals surface area contributed by atoms with E-state index in [9.17, 15) is 4.79 Å². The van der Waals surface area contributed by atoms with Gasteiger partial charge in [-0.25, -0.2) is 0 Å². The quantitative estimate of drug-likeness (QED) is 0.764. The van der Waals surface area contributed by atoms with Gasteiger partial charge in [0.25, 0.3) is 0 Å². The summed E-state index contributed by atoms with van der Waals surface area (Å²) >= 11 is 1.75. The highest BCUT2D eigenvalue weighted by atomic mass is 32.2. The highest BCUT2D eigenvalue weighted by Gasteiger charge is 2.36. The molecule has 2 fully saturated rings. The van der Waals surface area contributed by atoms with Crippen LogP contribution in [0, 0.1) is 12.8 Å². The van der Waals surface area contributed by atoms with Crippen molar-refractivity contribution >= 4 is 17.7 Å². The van der Waals surface area contributed by atoms with Gasteiger partial charge < -0.3 is 4.90 Å². The first-order valence-electron chi connectivity index (χ1n) is 7.65. The van der Waals surface area contributed by atoms with Crippen LogP contribution in [-0.4, -0.2) is 29.1 Å². The Labute approximate surface area is 125 Å². The Bertz CT molecular complexity index is 462. The summed E-state index contributed by atoms with van der Waals surface area (Å²) < 4.78 is 0. The van der Waals surface area contributed by atoms with Crippen LogP contribution in [-0.2, 0) is 10.5 Å². The smallest absolute Gasteiger partial charge is 0.232 e. The van der Waals surface area contributed by atoms with Gasteiger partial charge in [-0.3, -0.25) is 4.79 Å². The van der Waals surface area contributed by atoms with Gasteiger partial charge in [0, 0.05) is 18.3 Å². The molecule has 1 amide bonds. The first-order valence-corrected chi connectivity index (χ1v) is 8.80. The molecule has 0 unspecified atom stereocenters. The molecule has 0 radical (unpaired) electrons. The number of nitrogens with zero attached hydrogens (tertiary/aromatic N) is 1. The third-order valence-electron chi connectivity index (χ3n) is 4.07. The number of amides is 1. The van der Waals surface area contributed by atoms with Gasteiger partial charge in [-0.05, 0) is 44.1 Å². The van der Waals surface area contributed by atoms with Crippen LogP contribution in [0.25, 0.3) is 0 Å². The Morgan fingerprint density at radius 2 is 1.90 bits per heavy atom. The van der Waals surface area contributed by atoms with Crippen molar-refractivity contribution in [1.29, 1.82) is 0 Å². The summed E-state index contributed by atoms with van der Waals surface area (Å²) in [5.41, 5.74) is 2.60. The molecule has 2 nitrogen and oxygen atoms in total. The van der Waals surface area contributed by atoms with Crippen LogP contribution in [0.5, 0.6) is 0 Å². The number of carbonyl (C=O) groups excluding carboxylic acids is 1. The minimum absolute atomic E-state index is 0.358. The molecular formula is C17H23NOS. The van der Waals surface area contributed by atoms with E-state index in [1.54, 1.807) is 11.8 Å². The van der Waals surface area contributed by atoms with Crippen molar-refractivity contribution in [3.05, 3.63) is 35.4 Å². The summed E-state index contributed by atoms with van der Waals surface area (Å²) in [6, 6.07) is 9.18. The minimum atomic E-state index is 0.358. The monoisotopic (exact) mass is 289 g/mol. The van der Waals surface area contributed by atoms with E-state index in [1.165, 1.54) is 36.8 Å². The molecule has 1 aromatic rings. The molecule has 2 aliphatic rings. The number of benzene rings is 1. The lowest BCUT2D eigenvalue weighted by atomic mass is 10.2. The molecule has 2 saturated carbocycles. The standard InChI is InChI=1S/C17H23NOS/c1-13-2-4-15(5-3-13)11-20-12-17(19)18(16-8-9-16)10-14-6-7-14/h2-5,14,16H,6-12H2,1H3. The Hall–Kier alpha value is -0.960. The van der Waals surface area contributed by atoms with Gasteiger partial charge in [0.05, 0.1) is 5.75 Å². The Morgan fingerprint density at radius 1 is 1.20 bits per heavy atom. The molecule has 0 atom stereocenters. The molecule has 1 aromatic carbocycles. The van der Waals surface area contributed by atoms with Crippen LogP contribution in [0.2, 0.25) is 0 Å². The summed E-state index contributed by atoms with van der Waals surface area (Å²) in [4.78, 5) is 14.5. The molecule has 0 N–H and O–H groups in total. The van der Waals surface area contributed by atoms with Crippen molar-refractivity contribution in [1.82, 2.24) is 4.90 Å². The number of thioether (sulfide) groups is 1. The van der Waals surface area contributed by atoms with E-state index >= 15 is 0 Å². The fourth-order valence-electron chi connectivity index (χ4n) is 2.44. The van der Waals surface area contributed by atoms with Gasteiger partial charge in [-0.1, -0.05) is 29.8 Å². The number of hydrogen-bond donors (Lipinski definition) is 0. The fourth-order valence-corrected chi connectivity index (χ4v) is 3.31. The van der Waals surface area contributed by atoms with Gasteiger partial charge >= 0.3 is 0 Å². The Morgan fingerprint density at radius 3 is 2.50 bits per heavy atom. The van der Waals surface area contributed by atoms with E-state index in [0.29, 0.717) is 17.7 Å². The molecule has 0 aromatic heterocycles. The van der Waals surface area contributed by atoms with Crippen LogP contribution in [0.1, 0.15) is 36.8 Å². The number of carbonyl (C=O) groups is 1. The molecule has 20 heavy (non-hydrogen) atoms. The molecule has 3 heteroatoms. The van der Waals surface area contributed by atoms with Crippen molar-refractivity contribution in [2.75, 3.05) is 12.3 Å². The third-order valence-corrected chi connectivity index (χ3v) is 5.06. The predicted molar refractivity (Wildman–Crippen MR) is 84.8 cm³/mol. The van der Waals surface area contributed by atoms with Crippen LogP contribution in [0.15, 0.2) is 24.3 Å². The average molecular weight is 289 g/mol. The van der Waals surface area contributed by atoms with Crippen LogP contribution in [0.3, 0.4) is 0 Å². The van der Waals surface area contributed by atoms with E-state index in [1.807, 2.05) is 0 Å². The SMILES string of the molecule is Cc1ccc(CSCC(=O)N(CC2CC2)C2CC2)cc1. The second-order valence-corrected chi connectivity index (χ2v) is 7.18. The molecule has 0 saturated heterocycles. The molecule has 108 valence electrons. The normalized spacial score (nSPS) is 18.1. The summed E-state index contributed by atoms with van der Waals surface area (Å²) in [7, 11) is 0. The largest absolute Gasteiger partial charge is 0.339 e. The third kappa shape index (κ3) is 4.02. The van der Waals surface area contributed by atoms with E-state index in [0.717, 1.165) is 18.2 Å². The van der Waals surface area contributed by atoms with Crippen LogP contribution in [0.4, 0.5) is 0 Å². The predicted octanol–water partition coefficient (Wildman–Crippen LogP) is 3.63. The zero-order valence-electron chi connectivity index (χ0n) is 12.2. The van der Waals surface area contributed by atoms with Crippen molar-refractivity contribution in [3.8, 4) is 0 Å². The van der Waals surface area contributed by atoms with Gasteiger partial charge in [0.15, 0.2) is 0 Å². The first kappa shape index (κ1) is 14.0. The molecule has 0 heterocycles. The first-order chi connectivity index (χ1) is 9.72. The van der Waals surface area contributed by atoms with E-state index in [2.05, 4.69) is 36.1 Å². The van der Waals surface area contributed by atoms with Gasteiger partial charge in [0.1, 0.15) is 0 Å². The lowest BCUT2D eigenvalue weighted by Crippen LogP contribution is -2.36. The topological polar surface area (TPSA) is 20.3 Å². The fraction of sp³-hybridized carbons (Fsp3) is 0.588. The van der Waals surface area contributed by atoms with Gasteiger partial charge in [-0.15, -0.1) is 11.8 Å². The molecule has 0 aliphatic heterocycles.